The number of allylic oxidation sites excluding steroid dienone is 4. The zero-order valence-electron chi connectivity index (χ0n) is 7.38. The van der Waals surface area contributed by atoms with E-state index in [0.29, 0.717) is 0 Å². The number of alkyl halides is 3. The summed E-state index contributed by atoms with van der Waals surface area (Å²) >= 11 is 0. The molecule has 0 radical (unpaired) electrons. The summed E-state index contributed by atoms with van der Waals surface area (Å²) in [7, 11) is 0. The third kappa shape index (κ3) is 2.55. The van der Waals surface area contributed by atoms with Gasteiger partial charge >= 0.3 is 12.1 Å². The fourth-order valence-corrected chi connectivity index (χ4v) is 0.955. The van der Waals surface area contributed by atoms with E-state index in [2.05, 4.69) is 4.99 Å². The maximum absolute atomic E-state index is 11.8. The summed E-state index contributed by atoms with van der Waals surface area (Å²) in [5.41, 5.74) is 0.134. The summed E-state index contributed by atoms with van der Waals surface area (Å²) in [6.45, 7) is 1.67. The lowest BCUT2D eigenvalue weighted by Crippen LogP contribution is -2.23. The van der Waals surface area contributed by atoms with Crippen LogP contribution in [0.15, 0.2) is 29.3 Å². The normalized spacial score (nSPS) is 24.3. The number of hydrogen-bond acceptors (Lipinski definition) is 1. The molecule has 1 unspecified atom stereocenters. The Balaban J connectivity index is 2.84. The average Bonchev–Trinajstić information content (AvgIpc) is 2.07. The third-order valence-corrected chi connectivity index (χ3v) is 1.72. The number of carbonyl (C=O) groups is 1. The van der Waals surface area contributed by atoms with E-state index in [-0.39, 0.29) is 11.6 Å². The standard InChI is InChI=1S/C9H8F3NO/c1-6-4-2-3-5-7(6)13-8(14)9(10,11)12/h2-6H,1H3. The minimum Gasteiger partial charge on any atom is -0.262 e. The average molecular weight is 203 g/mol. The van der Waals surface area contributed by atoms with Gasteiger partial charge in [0.15, 0.2) is 0 Å². The van der Waals surface area contributed by atoms with Crippen molar-refractivity contribution in [2.75, 3.05) is 0 Å². The number of aliphatic imine (C=N–C) groups is 1. The number of amides is 1. The van der Waals surface area contributed by atoms with E-state index >= 15 is 0 Å². The predicted molar refractivity (Wildman–Crippen MR) is 45.9 cm³/mol. The summed E-state index contributed by atoms with van der Waals surface area (Å²) in [6, 6.07) is 0. The molecule has 1 aliphatic carbocycles. The van der Waals surface area contributed by atoms with Gasteiger partial charge in [-0.25, -0.2) is 4.99 Å². The monoisotopic (exact) mass is 203 g/mol. The second-order valence-corrected chi connectivity index (χ2v) is 2.87. The Kier molecular flexibility index (Phi) is 2.88. The van der Waals surface area contributed by atoms with Gasteiger partial charge in [0.05, 0.1) is 5.71 Å². The Morgan fingerprint density at radius 2 is 2.07 bits per heavy atom. The van der Waals surface area contributed by atoms with E-state index in [9.17, 15) is 18.0 Å². The molecule has 0 heterocycles. The van der Waals surface area contributed by atoms with E-state index in [0.717, 1.165) is 0 Å². The second kappa shape index (κ2) is 3.77. The summed E-state index contributed by atoms with van der Waals surface area (Å²) in [4.78, 5) is 13.5. The van der Waals surface area contributed by atoms with Crippen molar-refractivity contribution in [3.8, 4) is 0 Å². The zero-order chi connectivity index (χ0) is 10.8. The maximum atomic E-state index is 11.8. The number of rotatable bonds is 0. The van der Waals surface area contributed by atoms with E-state index in [1.54, 1.807) is 25.2 Å². The lowest BCUT2D eigenvalue weighted by molar-refractivity contribution is -0.169. The van der Waals surface area contributed by atoms with Gasteiger partial charge in [-0.05, 0) is 6.08 Å². The summed E-state index contributed by atoms with van der Waals surface area (Å²) < 4.78 is 35.5. The molecular formula is C9H8F3NO. The van der Waals surface area contributed by atoms with Crippen LogP contribution >= 0.6 is 0 Å². The highest BCUT2D eigenvalue weighted by molar-refractivity contribution is 6.06. The quantitative estimate of drug-likeness (QED) is 0.593. The first kappa shape index (κ1) is 10.7. The van der Waals surface area contributed by atoms with Crippen LogP contribution in [0.5, 0.6) is 0 Å². The molecule has 76 valence electrons. The van der Waals surface area contributed by atoms with E-state index in [1.807, 2.05) is 0 Å². The van der Waals surface area contributed by atoms with Gasteiger partial charge in [0.2, 0.25) is 0 Å². The molecular weight excluding hydrogens is 195 g/mol. The first-order valence-electron chi connectivity index (χ1n) is 3.96. The van der Waals surface area contributed by atoms with Gasteiger partial charge in [-0.15, -0.1) is 0 Å². The minimum atomic E-state index is -4.89. The van der Waals surface area contributed by atoms with Crippen LogP contribution in [0.4, 0.5) is 13.2 Å². The van der Waals surface area contributed by atoms with E-state index in [4.69, 9.17) is 0 Å². The lowest BCUT2D eigenvalue weighted by atomic mass is 10.0. The molecule has 14 heavy (non-hydrogen) atoms. The van der Waals surface area contributed by atoms with Gasteiger partial charge in [-0.3, -0.25) is 4.79 Å². The number of halogens is 3. The van der Waals surface area contributed by atoms with Gasteiger partial charge in [-0.1, -0.05) is 25.2 Å². The molecule has 1 amide bonds. The molecule has 1 atom stereocenters. The van der Waals surface area contributed by atoms with Crippen LogP contribution in [0, 0.1) is 5.92 Å². The van der Waals surface area contributed by atoms with E-state index < -0.39 is 12.1 Å². The van der Waals surface area contributed by atoms with Crippen LogP contribution in [0.25, 0.3) is 0 Å². The maximum Gasteiger partial charge on any atom is 0.473 e. The van der Waals surface area contributed by atoms with Crippen LogP contribution in [0.1, 0.15) is 6.92 Å². The highest BCUT2D eigenvalue weighted by Gasteiger charge is 2.38. The summed E-state index contributed by atoms with van der Waals surface area (Å²) in [6.07, 6.45) is 1.42. The van der Waals surface area contributed by atoms with Gasteiger partial charge in [0, 0.05) is 5.92 Å². The van der Waals surface area contributed by atoms with Gasteiger partial charge in [-0.2, -0.15) is 13.2 Å². The van der Waals surface area contributed by atoms with Gasteiger partial charge in [0.25, 0.3) is 0 Å². The van der Waals surface area contributed by atoms with Gasteiger partial charge < -0.3 is 0 Å². The molecule has 1 rings (SSSR count). The Hall–Kier alpha value is -1.39. The van der Waals surface area contributed by atoms with Crippen LogP contribution in [-0.2, 0) is 4.79 Å². The predicted octanol–water partition coefficient (Wildman–Crippen LogP) is 2.28. The molecule has 0 fully saturated rings. The SMILES string of the molecule is CC1C=CC=CC1=NC(=O)C(F)(F)F. The van der Waals surface area contributed by atoms with Crippen molar-refractivity contribution in [1.82, 2.24) is 0 Å². The summed E-state index contributed by atoms with van der Waals surface area (Å²) in [5, 5.41) is 0. The molecule has 0 bridgehead atoms. The number of nitrogens with zero attached hydrogens (tertiary/aromatic N) is 1. The van der Waals surface area contributed by atoms with Crippen molar-refractivity contribution >= 4 is 11.6 Å². The van der Waals surface area contributed by atoms with Crippen LogP contribution in [0.2, 0.25) is 0 Å². The second-order valence-electron chi connectivity index (χ2n) is 2.87. The Bertz CT molecular complexity index is 325. The lowest BCUT2D eigenvalue weighted by Gasteiger charge is -2.09. The first-order chi connectivity index (χ1) is 6.41. The molecule has 0 spiro atoms. The van der Waals surface area contributed by atoms with Crippen molar-refractivity contribution < 1.29 is 18.0 Å². The van der Waals surface area contributed by atoms with Crippen LogP contribution in [0.3, 0.4) is 0 Å². The Morgan fingerprint density at radius 3 is 2.57 bits per heavy atom. The third-order valence-electron chi connectivity index (χ3n) is 1.72. The minimum absolute atomic E-state index is 0.134. The molecule has 0 aromatic carbocycles. The van der Waals surface area contributed by atoms with Crippen molar-refractivity contribution in [2.45, 2.75) is 13.1 Å². The fraction of sp³-hybridized carbons (Fsp3) is 0.333. The molecule has 0 aliphatic heterocycles. The van der Waals surface area contributed by atoms with E-state index in [1.165, 1.54) is 6.08 Å². The number of hydrogen-bond donors (Lipinski definition) is 0. The molecule has 0 saturated carbocycles. The molecule has 0 aromatic heterocycles. The molecule has 5 heteroatoms. The first-order valence-corrected chi connectivity index (χ1v) is 3.96. The summed E-state index contributed by atoms with van der Waals surface area (Å²) in [5.74, 6) is -2.31. The van der Waals surface area contributed by atoms with Gasteiger partial charge in [0.1, 0.15) is 0 Å². The highest BCUT2D eigenvalue weighted by atomic mass is 19.4. The van der Waals surface area contributed by atoms with Crippen molar-refractivity contribution in [1.29, 1.82) is 0 Å². The molecule has 0 N–H and O–H groups in total. The fourth-order valence-electron chi connectivity index (χ4n) is 0.955. The topological polar surface area (TPSA) is 29.4 Å². The Morgan fingerprint density at radius 1 is 1.43 bits per heavy atom. The zero-order valence-corrected chi connectivity index (χ0v) is 7.38. The van der Waals surface area contributed by atoms with Crippen molar-refractivity contribution in [3.05, 3.63) is 24.3 Å². The smallest absolute Gasteiger partial charge is 0.262 e. The molecule has 0 aromatic rings. The van der Waals surface area contributed by atoms with Crippen LogP contribution < -0.4 is 0 Å². The Labute approximate surface area is 78.8 Å². The van der Waals surface area contributed by atoms with Crippen molar-refractivity contribution in [2.24, 2.45) is 10.9 Å². The largest absolute Gasteiger partial charge is 0.473 e. The highest BCUT2D eigenvalue weighted by Crippen LogP contribution is 2.18. The number of carbonyl (C=O) groups excluding carboxylic acids is 1. The molecule has 2 nitrogen and oxygen atoms in total. The van der Waals surface area contributed by atoms with Crippen LogP contribution in [-0.4, -0.2) is 17.8 Å². The van der Waals surface area contributed by atoms with Crippen molar-refractivity contribution in [3.63, 3.8) is 0 Å². The molecule has 0 saturated heterocycles. The molecule has 1 aliphatic rings.